The normalized spacial score (nSPS) is 18.9. The fourth-order valence-electron chi connectivity index (χ4n) is 4.11. The van der Waals surface area contributed by atoms with Gasteiger partial charge in [0.15, 0.2) is 0 Å². The van der Waals surface area contributed by atoms with Crippen LogP contribution in [0.3, 0.4) is 0 Å². The number of anilines is 1. The van der Waals surface area contributed by atoms with Crippen LogP contribution < -0.4 is 10.5 Å². The molecule has 1 unspecified atom stereocenters. The molecule has 0 radical (unpaired) electrons. The maximum absolute atomic E-state index is 13.0. The van der Waals surface area contributed by atoms with E-state index in [9.17, 15) is 14.4 Å². The van der Waals surface area contributed by atoms with E-state index >= 15 is 0 Å². The van der Waals surface area contributed by atoms with Crippen molar-refractivity contribution in [3.63, 3.8) is 0 Å². The van der Waals surface area contributed by atoms with Crippen molar-refractivity contribution in [1.29, 1.82) is 0 Å². The van der Waals surface area contributed by atoms with Gasteiger partial charge in [-0.3, -0.25) is 9.59 Å². The first-order valence-corrected chi connectivity index (χ1v) is 10.3. The lowest BCUT2D eigenvalue weighted by Gasteiger charge is -2.38. The highest BCUT2D eigenvalue weighted by atomic mass is 16.5. The first-order chi connectivity index (χ1) is 14.4. The summed E-state index contributed by atoms with van der Waals surface area (Å²) in [5.41, 5.74) is 1.26. The van der Waals surface area contributed by atoms with E-state index < -0.39 is 11.5 Å². The zero-order valence-electron chi connectivity index (χ0n) is 17.7. The van der Waals surface area contributed by atoms with Crippen molar-refractivity contribution >= 4 is 29.7 Å². The quantitative estimate of drug-likeness (QED) is 0.658. The Labute approximate surface area is 176 Å². The Hall–Kier alpha value is -2.87. The average molecular weight is 415 g/mol. The third kappa shape index (κ3) is 3.92. The number of carbonyl (C=O) groups excluding carboxylic acids is 2. The molecule has 0 spiro atoms. The molecular weight excluding hydrogens is 386 g/mol. The van der Waals surface area contributed by atoms with E-state index in [1.54, 1.807) is 31.0 Å². The van der Waals surface area contributed by atoms with Gasteiger partial charge in [0.05, 0.1) is 18.0 Å². The molecule has 162 valence electrons. The molecule has 30 heavy (non-hydrogen) atoms. The molecule has 8 heteroatoms. The van der Waals surface area contributed by atoms with E-state index in [1.807, 2.05) is 4.90 Å². The minimum atomic E-state index is -0.662. The van der Waals surface area contributed by atoms with Crippen LogP contribution in [-0.2, 0) is 21.3 Å². The molecule has 0 aromatic carbocycles. The molecule has 0 bridgehead atoms. The topological polar surface area (TPSA) is 81.1 Å². The summed E-state index contributed by atoms with van der Waals surface area (Å²) >= 11 is 0. The number of amides is 1. The lowest BCUT2D eigenvalue weighted by atomic mass is 10.0. The van der Waals surface area contributed by atoms with Crippen LogP contribution in [0.5, 0.6) is 0 Å². The molecule has 2 aliphatic heterocycles. The molecule has 0 N–H and O–H groups in total. The van der Waals surface area contributed by atoms with Crippen LogP contribution >= 0.6 is 0 Å². The standard InChI is InChI=1S/C22H29N3O5/c1-5-15-16(6-2)23(4)21(27)18(22(28)29-7-3)19(15)24-10-12-25(13-11-24)20(26)17-9-8-14-30-17/h5-6,17H,1-2,7-14H2,3-4H3. The minimum Gasteiger partial charge on any atom is -0.462 e. The molecular formula is C22H29N3O5. The smallest absolute Gasteiger partial charge is 0.345 e. The van der Waals surface area contributed by atoms with Crippen molar-refractivity contribution < 1.29 is 19.1 Å². The van der Waals surface area contributed by atoms with E-state index in [1.165, 1.54) is 4.57 Å². The zero-order valence-corrected chi connectivity index (χ0v) is 17.7. The number of hydrogen-bond donors (Lipinski definition) is 0. The number of pyridine rings is 1. The van der Waals surface area contributed by atoms with Gasteiger partial charge in [0.25, 0.3) is 11.5 Å². The van der Waals surface area contributed by atoms with Gasteiger partial charge in [0.2, 0.25) is 0 Å². The Morgan fingerprint density at radius 3 is 2.43 bits per heavy atom. The van der Waals surface area contributed by atoms with Crippen LogP contribution in [0.4, 0.5) is 5.69 Å². The first kappa shape index (κ1) is 21.8. The molecule has 1 amide bonds. The summed E-state index contributed by atoms with van der Waals surface area (Å²) in [6.07, 6.45) is 4.50. The zero-order chi connectivity index (χ0) is 21.8. The summed E-state index contributed by atoms with van der Waals surface area (Å²) in [5.74, 6) is -0.651. The number of ether oxygens (including phenoxy) is 2. The molecule has 3 rings (SSSR count). The van der Waals surface area contributed by atoms with Crippen molar-refractivity contribution in [2.75, 3.05) is 44.3 Å². The summed E-state index contributed by atoms with van der Waals surface area (Å²) in [6, 6.07) is 0. The van der Waals surface area contributed by atoms with Gasteiger partial charge < -0.3 is 23.8 Å². The first-order valence-electron chi connectivity index (χ1n) is 10.3. The van der Waals surface area contributed by atoms with Crippen molar-refractivity contribution in [1.82, 2.24) is 9.47 Å². The maximum atomic E-state index is 13.0. The van der Waals surface area contributed by atoms with Gasteiger partial charge in [-0.15, -0.1) is 0 Å². The lowest BCUT2D eigenvalue weighted by Crippen LogP contribution is -2.52. The number of hydrogen-bond acceptors (Lipinski definition) is 6. The second-order valence-corrected chi connectivity index (χ2v) is 7.33. The molecule has 0 aliphatic carbocycles. The molecule has 2 fully saturated rings. The summed E-state index contributed by atoms with van der Waals surface area (Å²) in [4.78, 5) is 42.1. The fourth-order valence-corrected chi connectivity index (χ4v) is 4.11. The van der Waals surface area contributed by atoms with E-state index in [2.05, 4.69) is 13.2 Å². The lowest BCUT2D eigenvalue weighted by molar-refractivity contribution is -0.141. The van der Waals surface area contributed by atoms with Crippen LogP contribution in [0.2, 0.25) is 0 Å². The van der Waals surface area contributed by atoms with E-state index in [0.29, 0.717) is 49.7 Å². The van der Waals surface area contributed by atoms with Gasteiger partial charge in [0, 0.05) is 45.4 Å². The van der Waals surface area contributed by atoms with Gasteiger partial charge >= 0.3 is 5.97 Å². The van der Waals surface area contributed by atoms with Crippen molar-refractivity contribution in [3.05, 3.63) is 40.3 Å². The van der Waals surface area contributed by atoms with Crippen LogP contribution in [0.15, 0.2) is 18.0 Å². The summed E-state index contributed by atoms with van der Waals surface area (Å²) in [7, 11) is 1.59. The SMILES string of the molecule is C=Cc1c(N2CCN(C(=O)C3CCCO3)CC2)c(C(=O)OCC)c(=O)n(C)c1C=C. The summed E-state index contributed by atoms with van der Waals surface area (Å²) in [6.45, 7) is 12.1. The number of piperazine rings is 1. The highest BCUT2D eigenvalue weighted by Crippen LogP contribution is 2.30. The van der Waals surface area contributed by atoms with E-state index in [4.69, 9.17) is 9.47 Å². The van der Waals surface area contributed by atoms with Crippen molar-refractivity contribution in [2.24, 2.45) is 7.05 Å². The average Bonchev–Trinajstić information content (AvgIpc) is 3.29. The number of rotatable bonds is 6. The number of nitrogens with zero attached hydrogens (tertiary/aromatic N) is 3. The Morgan fingerprint density at radius 1 is 1.20 bits per heavy atom. The third-order valence-electron chi connectivity index (χ3n) is 5.64. The van der Waals surface area contributed by atoms with E-state index in [0.717, 1.165) is 12.8 Å². The van der Waals surface area contributed by atoms with Crippen molar-refractivity contribution in [3.8, 4) is 0 Å². The van der Waals surface area contributed by atoms with Crippen LogP contribution in [-0.4, -0.2) is 66.8 Å². The third-order valence-corrected chi connectivity index (χ3v) is 5.64. The Bertz CT molecular complexity index is 906. The predicted molar refractivity (Wildman–Crippen MR) is 116 cm³/mol. The van der Waals surface area contributed by atoms with Gasteiger partial charge in [-0.25, -0.2) is 4.79 Å². The minimum absolute atomic E-state index is 0.0115. The maximum Gasteiger partial charge on any atom is 0.345 e. The largest absolute Gasteiger partial charge is 0.462 e. The van der Waals surface area contributed by atoms with Gasteiger partial charge in [-0.1, -0.05) is 19.2 Å². The molecule has 0 saturated carbocycles. The van der Waals surface area contributed by atoms with Gasteiger partial charge in [-0.05, 0) is 25.8 Å². The number of aromatic nitrogens is 1. The Kier molecular flexibility index (Phi) is 6.77. The summed E-state index contributed by atoms with van der Waals surface area (Å²) < 4.78 is 12.1. The highest BCUT2D eigenvalue weighted by Gasteiger charge is 2.33. The second kappa shape index (κ2) is 9.30. The number of esters is 1. The predicted octanol–water partition coefficient (Wildman–Crippen LogP) is 1.68. The Morgan fingerprint density at radius 2 is 1.90 bits per heavy atom. The molecule has 3 heterocycles. The van der Waals surface area contributed by atoms with E-state index in [-0.39, 0.29) is 24.2 Å². The van der Waals surface area contributed by atoms with Crippen LogP contribution in [0.1, 0.15) is 41.4 Å². The van der Waals surface area contributed by atoms with Gasteiger partial charge in [-0.2, -0.15) is 0 Å². The molecule has 2 saturated heterocycles. The molecule has 1 aromatic rings. The van der Waals surface area contributed by atoms with Crippen molar-refractivity contribution in [2.45, 2.75) is 25.9 Å². The molecule has 2 aliphatic rings. The molecule has 1 aromatic heterocycles. The second-order valence-electron chi connectivity index (χ2n) is 7.33. The Balaban J connectivity index is 1.96. The monoisotopic (exact) mass is 415 g/mol. The van der Waals surface area contributed by atoms with Crippen LogP contribution in [0, 0.1) is 0 Å². The molecule has 8 nitrogen and oxygen atoms in total. The highest BCUT2D eigenvalue weighted by molar-refractivity contribution is 5.98. The molecule has 1 atom stereocenters. The van der Waals surface area contributed by atoms with Gasteiger partial charge in [0.1, 0.15) is 11.7 Å². The number of carbonyl (C=O) groups is 2. The van der Waals surface area contributed by atoms with Crippen LogP contribution in [0.25, 0.3) is 12.2 Å². The summed E-state index contributed by atoms with van der Waals surface area (Å²) in [5, 5.41) is 0. The fraction of sp³-hybridized carbons (Fsp3) is 0.500.